The minimum atomic E-state index is -0.719. The number of aliphatic hydroxyl groups excluding tert-OH is 1. The Labute approximate surface area is 238 Å². The monoisotopic (exact) mass is 567 g/mol. The fourth-order valence-electron chi connectivity index (χ4n) is 5.21. The molecule has 2 N–H and O–H groups in total. The van der Waals surface area contributed by atoms with Crippen molar-refractivity contribution in [2.24, 2.45) is 5.92 Å². The summed E-state index contributed by atoms with van der Waals surface area (Å²) in [6.07, 6.45) is 5.87. The van der Waals surface area contributed by atoms with Gasteiger partial charge in [0.15, 0.2) is 12.2 Å². The molecule has 0 aliphatic carbocycles. The molecule has 4 heterocycles. The lowest BCUT2D eigenvalue weighted by atomic mass is 9.93. The van der Waals surface area contributed by atoms with Crippen molar-refractivity contribution >= 4 is 23.4 Å². The second kappa shape index (κ2) is 12.8. The normalized spacial score (nSPS) is 16.2. The first kappa shape index (κ1) is 28.1. The first-order chi connectivity index (χ1) is 19.4. The van der Waals surface area contributed by atoms with Gasteiger partial charge in [-0.1, -0.05) is 24.6 Å². The van der Waals surface area contributed by atoms with Crippen LogP contribution in [0.3, 0.4) is 0 Å². The Hall–Kier alpha value is -3.47. The minimum Gasteiger partial charge on any atom is -0.484 e. The summed E-state index contributed by atoms with van der Waals surface area (Å²) >= 11 is 6.63. The van der Waals surface area contributed by atoms with E-state index in [4.69, 9.17) is 20.8 Å². The summed E-state index contributed by atoms with van der Waals surface area (Å²) in [6.45, 7) is 5.56. The van der Waals surface area contributed by atoms with Crippen molar-refractivity contribution in [2.45, 2.75) is 45.4 Å². The summed E-state index contributed by atoms with van der Waals surface area (Å²) < 4.78 is 11.0. The summed E-state index contributed by atoms with van der Waals surface area (Å²) in [7, 11) is 0. The van der Waals surface area contributed by atoms with Crippen LogP contribution in [0.2, 0.25) is 5.02 Å². The zero-order valence-electron chi connectivity index (χ0n) is 22.5. The second-order valence-electron chi connectivity index (χ2n) is 10.4. The summed E-state index contributed by atoms with van der Waals surface area (Å²) in [4.78, 5) is 36.8. The summed E-state index contributed by atoms with van der Waals surface area (Å²) in [5.74, 6) is 1.52. The Bertz CT molecular complexity index is 1330. The predicted octanol–water partition coefficient (Wildman–Crippen LogP) is 2.86. The molecule has 1 atom stereocenters. The molecule has 1 aromatic carbocycles. The minimum absolute atomic E-state index is 0.145. The van der Waals surface area contributed by atoms with Crippen LogP contribution in [0.1, 0.15) is 46.3 Å². The number of amides is 2. The molecule has 3 aromatic rings. The van der Waals surface area contributed by atoms with Crippen LogP contribution in [0.15, 0.2) is 47.5 Å². The van der Waals surface area contributed by atoms with Crippen LogP contribution in [-0.4, -0.2) is 75.5 Å². The van der Waals surface area contributed by atoms with Crippen molar-refractivity contribution in [2.75, 3.05) is 32.7 Å². The standard InChI is InChI=1S/C29H34ClN5O5/c1-2-27(37)35-13-19(14-35)9-22-10-20(5-7-32-22)29(38)33-11-23(36)16-34-8-6-25-21(15-34)3-4-26(28(25)30)39-17-24-12-31-18-40-24/h3-5,7,10,12,18-19,23,36H,2,6,8-9,11,13-17H2,1H3,(H,33,38)/t23-/m0/s1. The van der Waals surface area contributed by atoms with Crippen LogP contribution in [0.4, 0.5) is 0 Å². The average molecular weight is 568 g/mol. The summed E-state index contributed by atoms with van der Waals surface area (Å²) in [5, 5.41) is 14.1. The van der Waals surface area contributed by atoms with Crippen LogP contribution in [0, 0.1) is 5.92 Å². The number of halogens is 1. The van der Waals surface area contributed by atoms with Crippen LogP contribution in [-0.2, 0) is 30.8 Å². The molecule has 2 aliphatic heterocycles. The van der Waals surface area contributed by atoms with Crippen molar-refractivity contribution < 1.29 is 23.8 Å². The molecule has 0 spiro atoms. The third-order valence-corrected chi connectivity index (χ3v) is 7.80. The molecule has 2 amide bonds. The van der Waals surface area contributed by atoms with Crippen LogP contribution >= 0.6 is 11.6 Å². The number of β-amino-alcohol motifs (C(OH)–C–C–N with tert-alkyl or cyclic N) is 1. The van der Waals surface area contributed by atoms with E-state index in [0.29, 0.717) is 47.5 Å². The van der Waals surface area contributed by atoms with E-state index in [-0.39, 0.29) is 25.0 Å². The molecule has 1 saturated heterocycles. The number of carbonyl (C=O) groups excluding carboxylic acids is 2. The van der Waals surface area contributed by atoms with Crippen LogP contribution in [0.5, 0.6) is 5.75 Å². The van der Waals surface area contributed by atoms with E-state index in [0.717, 1.165) is 49.3 Å². The third-order valence-electron chi connectivity index (χ3n) is 7.39. The molecule has 2 aromatic heterocycles. The Balaban J connectivity index is 1.07. The van der Waals surface area contributed by atoms with Crippen molar-refractivity contribution in [1.29, 1.82) is 0 Å². The van der Waals surface area contributed by atoms with Gasteiger partial charge in [0.2, 0.25) is 5.91 Å². The SMILES string of the molecule is CCC(=O)N1CC(Cc2cc(C(=O)NC[C@H](O)CN3CCc4c(ccc(OCc5cnco5)c4Cl)C3)ccn2)C1. The number of aliphatic hydroxyl groups is 1. The quantitative estimate of drug-likeness (QED) is 0.363. The molecule has 0 radical (unpaired) electrons. The van der Waals surface area contributed by atoms with E-state index in [1.54, 1.807) is 24.5 Å². The van der Waals surface area contributed by atoms with Crippen molar-refractivity contribution in [3.8, 4) is 5.75 Å². The molecule has 1 fully saturated rings. The maximum Gasteiger partial charge on any atom is 0.251 e. The average Bonchev–Trinajstić information content (AvgIpc) is 3.46. The highest BCUT2D eigenvalue weighted by Gasteiger charge is 2.30. The van der Waals surface area contributed by atoms with Crippen LogP contribution < -0.4 is 10.1 Å². The topological polar surface area (TPSA) is 121 Å². The number of likely N-dealkylation sites (tertiary alicyclic amines) is 1. The zero-order valence-corrected chi connectivity index (χ0v) is 23.3. The second-order valence-corrected chi connectivity index (χ2v) is 10.8. The van der Waals surface area contributed by atoms with Crippen molar-refractivity contribution in [3.05, 3.63) is 76.2 Å². The molecular formula is C29H34ClN5O5. The largest absolute Gasteiger partial charge is 0.484 e. The molecule has 0 saturated carbocycles. The number of benzene rings is 1. The van der Waals surface area contributed by atoms with Gasteiger partial charge < -0.3 is 24.5 Å². The van der Waals surface area contributed by atoms with E-state index < -0.39 is 6.10 Å². The van der Waals surface area contributed by atoms with Gasteiger partial charge in [0.05, 0.1) is 17.3 Å². The van der Waals surface area contributed by atoms with E-state index >= 15 is 0 Å². The van der Waals surface area contributed by atoms with Gasteiger partial charge in [-0.25, -0.2) is 4.98 Å². The highest BCUT2D eigenvalue weighted by molar-refractivity contribution is 6.33. The van der Waals surface area contributed by atoms with Gasteiger partial charge >= 0.3 is 0 Å². The predicted molar refractivity (Wildman–Crippen MR) is 148 cm³/mol. The van der Waals surface area contributed by atoms with E-state index in [1.165, 1.54) is 6.39 Å². The molecule has 2 aliphatic rings. The van der Waals surface area contributed by atoms with Gasteiger partial charge in [-0.2, -0.15) is 0 Å². The van der Waals surface area contributed by atoms with Gasteiger partial charge in [0.1, 0.15) is 12.4 Å². The van der Waals surface area contributed by atoms with E-state index in [2.05, 4.69) is 20.2 Å². The number of rotatable bonds is 11. The summed E-state index contributed by atoms with van der Waals surface area (Å²) in [5.41, 5.74) is 3.49. The lowest BCUT2D eigenvalue weighted by Gasteiger charge is -2.39. The molecule has 212 valence electrons. The van der Waals surface area contributed by atoms with Gasteiger partial charge in [0, 0.05) is 63.1 Å². The fraction of sp³-hybridized carbons (Fsp3) is 0.448. The number of carbonyl (C=O) groups is 2. The molecule has 40 heavy (non-hydrogen) atoms. The number of oxazole rings is 1. The number of ether oxygens (including phenoxy) is 1. The number of pyridine rings is 1. The Kier molecular flexibility index (Phi) is 8.98. The first-order valence-electron chi connectivity index (χ1n) is 13.6. The molecule has 0 unspecified atom stereocenters. The number of aromatic nitrogens is 2. The lowest BCUT2D eigenvalue weighted by Crippen LogP contribution is -2.50. The van der Waals surface area contributed by atoms with Gasteiger partial charge in [-0.3, -0.25) is 19.5 Å². The van der Waals surface area contributed by atoms with Crippen LogP contribution in [0.25, 0.3) is 0 Å². The number of fused-ring (bicyclic) bond motifs is 1. The Morgan fingerprint density at radius 1 is 1.30 bits per heavy atom. The fourth-order valence-corrected chi connectivity index (χ4v) is 5.54. The van der Waals surface area contributed by atoms with E-state index in [1.807, 2.05) is 24.0 Å². The number of hydrogen-bond acceptors (Lipinski definition) is 8. The molecule has 11 heteroatoms. The zero-order chi connectivity index (χ0) is 28.1. The first-order valence-corrected chi connectivity index (χ1v) is 14.0. The number of nitrogens with zero attached hydrogens (tertiary/aromatic N) is 4. The Morgan fingerprint density at radius 2 is 2.15 bits per heavy atom. The maximum atomic E-state index is 12.8. The van der Waals surface area contributed by atoms with Gasteiger partial charge in [-0.15, -0.1) is 0 Å². The molecule has 0 bridgehead atoms. The maximum absolute atomic E-state index is 12.8. The van der Waals surface area contributed by atoms with Crippen molar-refractivity contribution in [1.82, 2.24) is 25.1 Å². The molecular weight excluding hydrogens is 534 g/mol. The van der Waals surface area contributed by atoms with Gasteiger partial charge in [-0.05, 0) is 48.1 Å². The number of hydrogen-bond donors (Lipinski definition) is 2. The van der Waals surface area contributed by atoms with Gasteiger partial charge in [0.25, 0.3) is 5.91 Å². The lowest BCUT2D eigenvalue weighted by molar-refractivity contribution is -0.137. The highest BCUT2D eigenvalue weighted by atomic mass is 35.5. The highest BCUT2D eigenvalue weighted by Crippen LogP contribution is 2.34. The number of nitrogens with one attached hydrogen (secondary N) is 1. The molecule has 5 rings (SSSR count). The smallest absolute Gasteiger partial charge is 0.251 e. The third kappa shape index (κ3) is 6.80. The summed E-state index contributed by atoms with van der Waals surface area (Å²) in [6, 6.07) is 7.32. The molecule has 10 nitrogen and oxygen atoms in total. The van der Waals surface area contributed by atoms with E-state index in [9.17, 15) is 14.7 Å². The Morgan fingerprint density at radius 3 is 2.92 bits per heavy atom. The van der Waals surface area contributed by atoms with Crippen molar-refractivity contribution in [3.63, 3.8) is 0 Å².